The van der Waals surface area contributed by atoms with Crippen molar-refractivity contribution in [3.63, 3.8) is 0 Å². The Bertz CT molecular complexity index is 217. The highest BCUT2D eigenvalue weighted by atomic mass is 32.2. The Labute approximate surface area is 54.8 Å². The summed E-state index contributed by atoms with van der Waals surface area (Å²) in [5.41, 5.74) is 0.612. The number of hydrogen-bond donors (Lipinski definition) is 1. The summed E-state index contributed by atoms with van der Waals surface area (Å²) in [4.78, 5) is 0. The summed E-state index contributed by atoms with van der Waals surface area (Å²) < 4.78 is 23.7. The van der Waals surface area contributed by atoms with E-state index >= 15 is 0 Å². The molecule has 0 aromatic rings. The van der Waals surface area contributed by atoms with Gasteiger partial charge >= 0.3 is 0 Å². The summed E-state index contributed by atoms with van der Waals surface area (Å²) in [7, 11) is -2.98. The van der Waals surface area contributed by atoms with Crippen LogP contribution in [0.5, 0.6) is 0 Å². The molecule has 0 radical (unpaired) electrons. The maximum Gasteiger partial charge on any atom is 0.232 e. The van der Waals surface area contributed by atoms with E-state index in [9.17, 15) is 8.42 Å². The quantitative estimate of drug-likeness (QED) is 0.532. The van der Waals surface area contributed by atoms with Crippen LogP contribution in [0.3, 0.4) is 0 Å². The van der Waals surface area contributed by atoms with E-state index in [1.54, 1.807) is 0 Å². The van der Waals surface area contributed by atoms with Crippen molar-refractivity contribution in [1.29, 1.82) is 0 Å². The SMILES string of the molecule is C=C1CCCS(=O)(=O)N1. The predicted octanol–water partition coefficient (Wildman–Crippen LogP) is 0.213. The maximum absolute atomic E-state index is 10.7. The standard InChI is InChI=1S/C5H9NO2S/c1-5-3-2-4-9(7,8)6-5/h6H,1-4H2. The Morgan fingerprint density at radius 1 is 1.56 bits per heavy atom. The highest BCUT2D eigenvalue weighted by molar-refractivity contribution is 7.89. The van der Waals surface area contributed by atoms with Gasteiger partial charge in [0.1, 0.15) is 0 Å². The Balaban J connectivity index is 2.73. The van der Waals surface area contributed by atoms with E-state index < -0.39 is 10.0 Å². The van der Waals surface area contributed by atoms with Crippen LogP contribution in [-0.2, 0) is 10.0 Å². The Hall–Kier alpha value is -0.510. The number of sulfonamides is 1. The lowest BCUT2D eigenvalue weighted by Gasteiger charge is -2.14. The minimum absolute atomic E-state index is 0.242. The van der Waals surface area contributed by atoms with E-state index in [1.807, 2.05) is 0 Å². The van der Waals surface area contributed by atoms with Crippen molar-refractivity contribution in [2.24, 2.45) is 0 Å². The van der Waals surface area contributed by atoms with Crippen molar-refractivity contribution in [2.45, 2.75) is 12.8 Å². The van der Waals surface area contributed by atoms with Crippen LogP contribution < -0.4 is 4.72 Å². The molecule has 0 aromatic heterocycles. The van der Waals surface area contributed by atoms with E-state index in [4.69, 9.17) is 0 Å². The first kappa shape index (κ1) is 6.61. The minimum Gasteiger partial charge on any atom is -0.288 e. The first-order chi connectivity index (χ1) is 4.10. The molecule has 0 spiro atoms. The van der Waals surface area contributed by atoms with Gasteiger partial charge in [-0.2, -0.15) is 0 Å². The van der Waals surface area contributed by atoms with Gasteiger partial charge in [0.25, 0.3) is 0 Å². The van der Waals surface area contributed by atoms with E-state index in [1.165, 1.54) is 0 Å². The van der Waals surface area contributed by atoms with Gasteiger partial charge in [-0.1, -0.05) is 6.58 Å². The number of rotatable bonds is 0. The second-order valence-electron chi connectivity index (χ2n) is 2.13. The average Bonchev–Trinajstić information content (AvgIpc) is 1.60. The van der Waals surface area contributed by atoms with Crippen LogP contribution in [0.25, 0.3) is 0 Å². The molecule has 0 unspecified atom stereocenters. The lowest BCUT2D eigenvalue weighted by atomic mass is 10.3. The molecule has 1 rings (SSSR count). The van der Waals surface area contributed by atoms with Crippen LogP contribution in [0, 0.1) is 0 Å². The van der Waals surface area contributed by atoms with E-state index in [0.29, 0.717) is 12.1 Å². The predicted molar refractivity (Wildman–Crippen MR) is 35.3 cm³/mol. The molecule has 0 amide bonds. The van der Waals surface area contributed by atoms with E-state index in [0.717, 1.165) is 6.42 Å². The van der Waals surface area contributed by atoms with Gasteiger partial charge in [-0.3, -0.25) is 4.72 Å². The number of allylic oxidation sites excluding steroid dienone is 1. The number of nitrogens with one attached hydrogen (secondary N) is 1. The summed E-state index contributed by atoms with van der Waals surface area (Å²) in [5.74, 6) is 0.242. The lowest BCUT2D eigenvalue weighted by molar-refractivity contribution is 0.576. The summed E-state index contributed by atoms with van der Waals surface area (Å²) in [5, 5.41) is 0. The molecule has 0 bridgehead atoms. The zero-order chi connectivity index (χ0) is 6.91. The Morgan fingerprint density at radius 3 is 2.56 bits per heavy atom. The highest BCUT2D eigenvalue weighted by Crippen LogP contribution is 2.08. The van der Waals surface area contributed by atoms with Gasteiger partial charge in [0.2, 0.25) is 10.0 Å². The van der Waals surface area contributed by atoms with Crippen LogP contribution in [-0.4, -0.2) is 14.2 Å². The van der Waals surface area contributed by atoms with Crippen molar-refractivity contribution >= 4 is 10.0 Å². The largest absolute Gasteiger partial charge is 0.288 e. The van der Waals surface area contributed by atoms with Crippen LogP contribution in [0.4, 0.5) is 0 Å². The van der Waals surface area contributed by atoms with Crippen molar-refractivity contribution in [1.82, 2.24) is 4.72 Å². The Kier molecular flexibility index (Phi) is 1.48. The van der Waals surface area contributed by atoms with Crippen molar-refractivity contribution in [3.8, 4) is 0 Å². The van der Waals surface area contributed by atoms with Crippen LogP contribution in [0.2, 0.25) is 0 Å². The second kappa shape index (κ2) is 2.02. The molecule has 0 aromatic carbocycles. The van der Waals surface area contributed by atoms with Gasteiger partial charge in [-0.05, 0) is 12.8 Å². The average molecular weight is 147 g/mol. The summed E-state index contributed by atoms with van der Waals surface area (Å²) in [6.45, 7) is 3.52. The second-order valence-corrected chi connectivity index (χ2v) is 3.97. The maximum atomic E-state index is 10.7. The Morgan fingerprint density at radius 2 is 2.22 bits per heavy atom. The summed E-state index contributed by atoms with van der Waals surface area (Å²) >= 11 is 0. The van der Waals surface area contributed by atoms with Crippen molar-refractivity contribution in [3.05, 3.63) is 12.3 Å². The molecule has 4 heteroatoms. The molecule has 1 heterocycles. The van der Waals surface area contributed by atoms with Gasteiger partial charge in [-0.15, -0.1) is 0 Å². The molecule has 3 nitrogen and oxygen atoms in total. The molecule has 0 atom stereocenters. The molecule has 1 aliphatic rings. The third-order valence-corrected chi connectivity index (χ3v) is 2.62. The molecule has 1 aliphatic heterocycles. The van der Waals surface area contributed by atoms with E-state index in [-0.39, 0.29) is 5.75 Å². The summed E-state index contributed by atoms with van der Waals surface area (Å²) in [6, 6.07) is 0. The van der Waals surface area contributed by atoms with E-state index in [2.05, 4.69) is 11.3 Å². The third kappa shape index (κ3) is 1.71. The lowest BCUT2D eigenvalue weighted by Crippen LogP contribution is -2.29. The molecule has 1 N–H and O–H groups in total. The molecule has 1 fully saturated rings. The fraction of sp³-hybridized carbons (Fsp3) is 0.600. The first-order valence-electron chi connectivity index (χ1n) is 2.78. The van der Waals surface area contributed by atoms with Crippen LogP contribution >= 0.6 is 0 Å². The van der Waals surface area contributed by atoms with Gasteiger partial charge in [0, 0.05) is 5.70 Å². The molecule has 1 saturated heterocycles. The molecular formula is C5H9NO2S. The minimum atomic E-state index is -2.98. The fourth-order valence-electron chi connectivity index (χ4n) is 0.798. The first-order valence-corrected chi connectivity index (χ1v) is 4.44. The van der Waals surface area contributed by atoms with Gasteiger partial charge in [0.15, 0.2) is 0 Å². The van der Waals surface area contributed by atoms with Crippen molar-refractivity contribution < 1.29 is 8.42 Å². The summed E-state index contributed by atoms with van der Waals surface area (Å²) in [6.07, 6.45) is 1.48. The van der Waals surface area contributed by atoms with Gasteiger partial charge in [0.05, 0.1) is 5.75 Å². The third-order valence-electron chi connectivity index (χ3n) is 1.19. The normalized spacial score (nSPS) is 25.1. The highest BCUT2D eigenvalue weighted by Gasteiger charge is 2.15. The topological polar surface area (TPSA) is 46.2 Å². The zero-order valence-corrected chi connectivity index (χ0v) is 5.87. The molecule has 0 saturated carbocycles. The monoisotopic (exact) mass is 147 g/mol. The molecular weight excluding hydrogens is 138 g/mol. The van der Waals surface area contributed by atoms with Crippen molar-refractivity contribution in [2.75, 3.05) is 5.75 Å². The molecule has 0 aliphatic carbocycles. The smallest absolute Gasteiger partial charge is 0.232 e. The molecule has 9 heavy (non-hydrogen) atoms. The zero-order valence-electron chi connectivity index (χ0n) is 5.05. The fourth-order valence-corrected chi connectivity index (χ4v) is 1.97. The van der Waals surface area contributed by atoms with Gasteiger partial charge < -0.3 is 0 Å². The van der Waals surface area contributed by atoms with Crippen LogP contribution in [0.1, 0.15) is 12.8 Å². The number of hydrogen-bond acceptors (Lipinski definition) is 2. The molecule has 52 valence electrons. The van der Waals surface area contributed by atoms with Gasteiger partial charge in [-0.25, -0.2) is 8.42 Å². The van der Waals surface area contributed by atoms with Crippen LogP contribution in [0.15, 0.2) is 12.3 Å².